The third-order valence-electron chi connectivity index (χ3n) is 4.38. The van der Waals surface area contributed by atoms with Crippen LogP contribution in [0.1, 0.15) is 35.1 Å². The molecule has 0 fully saturated rings. The van der Waals surface area contributed by atoms with Crippen molar-refractivity contribution in [2.75, 3.05) is 6.61 Å². The number of oxime groups is 1. The van der Waals surface area contributed by atoms with Crippen LogP contribution in [0.3, 0.4) is 0 Å². The van der Waals surface area contributed by atoms with Gasteiger partial charge in [-0.1, -0.05) is 17.3 Å². The average molecular weight is 307 g/mol. The standard InChI is InChI=1S/C19H21N3O/c1-12-8-15-4-3-5-19(16(15)9-13(12)2)22-23-11-14-6-7-17(20)18(21)10-14/h6-10,20-21H,3-5,11H2,1-2H3/b20-17?,21-18?,22-19+. The average Bonchev–Trinajstić information content (AvgIpc) is 2.52. The van der Waals surface area contributed by atoms with Crippen LogP contribution in [-0.2, 0) is 11.3 Å². The molecule has 2 N–H and O–H groups in total. The van der Waals surface area contributed by atoms with E-state index in [2.05, 4.69) is 31.1 Å². The second-order valence-corrected chi connectivity index (χ2v) is 6.14. The van der Waals surface area contributed by atoms with Gasteiger partial charge in [0.15, 0.2) is 0 Å². The summed E-state index contributed by atoms with van der Waals surface area (Å²) in [4.78, 5) is 5.52. The monoisotopic (exact) mass is 307 g/mol. The van der Waals surface area contributed by atoms with Crippen LogP contribution in [0.2, 0.25) is 0 Å². The molecule has 0 spiro atoms. The molecule has 0 amide bonds. The fourth-order valence-corrected chi connectivity index (χ4v) is 2.89. The SMILES string of the molecule is Cc1cc2c(cc1C)/C(=N/OCC1=CC(=N)C(=N)C=C1)CCC2. The second-order valence-electron chi connectivity index (χ2n) is 6.14. The van der Waals surface area contributed by atoms with Gasteiger partial charge in [-0.05, 0) is 73.6 Å². The van der Waals surface area contributed by atoms with Crippen LogP contribution in [0.4, 0.5) is 0 Å². The summed E-state index contributed by atoms with van der Waals surface area (Å²) >= 11 is 0. The molecule has 0 saturated carbocycles. The molecule has 0 radical (unpaired) electrons. The lowest BCUT2D eigenvalue weighted by atomic mass is 9.87. The van der Waals surface area contributed by atoms with Gasteiger partial charge in [-0.2, -0.15) is 0 Å². The molecular weight excluding hydrogens is 286 g/mol. The normalized spacial score (nSPS) is 18.9. The highest BCUT2D eigenvalue weighted by Gasteiger charge is 2.17. The van der Waals surface area contributed by atoms with Crippen molar-refractivity contribution in [3.63, 3.8) is 0 Å². The van der Waals surface area contributed by atoms with Crippen LogP contribution in [-0.4, -0.2) is 23.7 Å². The molecular formula is C19H21N3O. The lowest BCUT2D eigenvalue weighted by Gasteiger charge is -2.19. The minimum Gasteiger partial charge on any atom is -0.391 e. The third-order valence-corrected chi connectivity index (χ3v) is 4.38. The van der Waals surface area contributed by atoms with Crippen LogP contribution in [0, 0.1) is 24.7 Å². The van der Waals surface area contributed by atoms with E-state index in [1.807, 2.05) is 6.08 Å². The first-order chi connectivity index (χ1) is 11.0. The molecule has 0 bridgehead atoms. The fourth-order valence-electron chi connectivity index (χ4n) is 2.89. The quantitative estimate of drug-likeness (QED) is 0.645. The van der Waals surface area contributed by atoms with Gasteiger partial charge in [0.2, 0.25) is 0 Å². The largest absolute Gasteiger partial charge is 0.391 e. The minimum atomic E-state index is 0.216. The Bertz CT molecular complexity index is 769. The Morgan fingerprint density at radius 2 is 1.83 bits per heavy atom. The number of nitrogens with one attached hydrogen (secondary N) is 2. The Kier molecular flexibility index (Phi) is 4.24. The summed E-state index contributed by atoms with van der Waals surface area (Å²) < 4.78 is 0. The topological polar surface area (TPSA) is 69.3 Å². The molecule has 0 aliphatic heterocycles. The van der Waals surface area contributed by atoms with E-state index in [9.17, 15) is 0 Å². The Morgan fingerprint density at radius 1 is 1.04 bits per heavy atom. The number of aryl methyl sites for hydroxylation is 3. The van der Waals surface area contributed by atoms with Gasteiger partial charge in [0.25, 0.3) is 0 Å². The highest BCUT2D eigenvalue weighted by molar-refractivity contribution is 6.49. The molecule has 0 atom stereocenters. The summed E-state index contributed by atoms with van der Waals surface area (Å²) in [7, 11) is 0. The number of hydrogen-bond acceptors (Lipinski definition) is 4. The second kappa shape index (κ2) is 6.32. The number of fused-ring (bicyclic) bond motifs is 1. The van der Waals surface area contributed by atoms with E-state index in [0.717, 1.165) is 30.5 Å². The zero-order chi connectivity index (χ0) is 16.4. The molecule has 3 rings (SSSR count). The van der Waals surface area contributed by atoms with E-state index >= 15 is 0 Å². The molecule has 2 aliphatic carbocycles. The van der Waals surface area contributed by atoms with E-state index in [0.29, 0.717) is 6.61 Å². The van der Waals surface area contributed by atoms with Crippen LogP contribution < -0.4 is 0 Å². The summed E-state index contributed by atoms with van der Waals surface area (Å²) in [5.74, 6) is 0. The van der Waals surface area contributed by atoms with E-state index in [4.69, 9.17) is 15.7 Å². The highest BCUT2D eigenvalue weighted by atomic mass is 16.6. The maximum absolute atomic E-state index is 7.65. The Morgan fingerprint density at radius 3 is 2.61 bits per heavy atom. The first kappa shape index (κ1) is 15.4. The van der Waals surface area contributed by atoms with Crippen LogP contribution in [0.5, 0.6) is 0 Å². The van der Waals surface area contributed by atoms with E-state index in [1.54, 1.807) is 12.2 Å². The first-order valence-electron chi connectivity index (χ1n) is 7.90. The molecule has 0 aromatic heterocycles. The minimum absolute atomic E-state index is 0.216. The number of rotatable bonds is 3. The van der Waals surface area contributed by atoms with Crippen LogP contribution >= 0.6 is 0 Å². The number of hydrogen-bond donors (Lipinski definition) is 2. The highest BCUT2D eigenvalue weighted by Crippen LogP contribution is 2.25. The lowest BCUT2D eigenvalue weighted by Crippen LogP contribution is -2.14. The molecule has 118 valence electrons. The molecule has 2 aliphatic rings. The van der Waals surface area contributed by atoms with Crippen LogP contribution in [0.25, 0.3) is 0 Å². The van der Waals surface area contributed by atoms with Crippen molar-refractivity contribution in [3.8, 4) is 0 Å². The van der Waals surface area contributed by atoms with Gasteiger partial charge in [0, 0.05) is 5.56 Å². The molecule has 0 heterocycles. The summed E-state index contributed by atoms with van der Waals surface area (Å²) in [6.45, 7) is 4.60. The first-order valence-corrected chi connectivity index (χ1v) is 7.90. The Hall–Kier alpha value is -2.49. The van der Waals surface area contributed by atoms with Gasteiger partial charge in [-0.3, -0.25) is 10.8 Å². The van der Waals surface area contributed by atoms with Crippen molar-refractivity contribution < 1.29 is 4.84 Å². The number of benzene rings is 1. The van der Waals surface area contributed by atoms with Gasteiger partial charge in [0.1, 0.15) is 6.61 Å². The summed E-state index contributed by atoms with van der Waals surface area (Å²) in [6, 6.07) is 4.47. The fraction of sp³-hybridized carbons (Fsp3) is 0.316. The Balaban J connectivity index is 1.74. The van der Waals surface area contributed by atoms with Gasteiger partial charge in [-0.15, -0.1) is 0 Å². The molecule has 23 heavy (non-hydrogen) atoms. The summed E-state index contributed by atoms with van der Waals surface area (Å²) in [5.41, 5.74) is 7.49. The summed E-state index contributed by atoms with van der Waals surface area (Å²) in [6.07, 6.45) is 8.22. The van der Waals surface area contributed by atoms with Crippen molar-refractivity contribution >= 4 is 17.1 Å². The lowest BCUT2D eigenvalue weighted by molar-refractivity contribution is 0.169. The van der Waals surface area contributed by atoms with E-state index < -0.39 is 0 Å². The molecule has 4 heteroatoms. The van der Waals surface area contributed by atoms with Crippen molar-refractivity contribution in [2.24, 2.45) is 5.16 Å². The smallest absolute Gasteiger partial charge is 0.142 e. The van der Waals surface area contributed by atoms with Crippen LogP contribution in [0.15, 0.2) is 41.1 Å². The number of nitrogens with zero attached hydrogens (tertiary/aromatic N) is 1. The Labute approximate surface area is 136 Å². The van der Waals surface area contributed by atoms with Gasteiger partial charge in [-0.25, -0.2) is 0 Å². The maximum Gasteiger partial charge on any atom is 0.142 e. The van der Waals surface area contributed by atoms with Gasteiger partial charge >= 0.3 is 0 Å². The molecule has 0 unspecified atom stereocenters. The third kappa shape index (κ3) is 3.31. The van der Waals surface area contributed by atoms with Gasteiger partial charge < -0.3 is 4.84 Å². The van der Waals surface area contributed by atoms with Gasteiger partial charge in [0.05, 0.1) is 17.1 Å². The van der Waals surface area contributed by atoms with Crippen molar-refractivity contribution in [1.29, 1.82) is 10.8 Å². The summed E-state index contributed by atoms with van der Waals surface area (Å²) in [5, 5.41) is 19.5. The predicted molar refractivity (Wildman–Crippen MR) is 94.0 cm³/mol. The zero-order valence-electron chi connectivity index (χ0n) is 13.6. The number of allylic oxidation sites excluding steroid dienone is 2. The van der Waals surface area contributed by atoms with E-state index in [1.165, 1.54) is 22.3 Å². The molecule has 1 aromatic rings. The van der Waals surface area contributed by atoms with Crippen molar-refractivity contribution in [1.82, 2.24) is 0 Å². The maximum atomic E-state index is 7.65. The molecule has 4 nitrogen and oxygen atoms in total. The zero-order valence-corrected chi connectivity index (χ0v) is 13.6. The predicted octanol–water partition coefficient (Wildman–Crippen LogP) is 3.90. The molecule has 0 saturated heterocycles. The van der Waals surface area contributed by atoms with Crippen molar-refractivity contribution in [2.45, 2.75) is 33.1 Å². The molecule has 1 aromatic carbocycles. The van der Waals surface area contributed by atoms with E-state index in [-0.39, 0.29) is 11.4 Å². The van der Waals surface area contributed by atoms with Crippen molar-refractivity contribution in [3.05, 3.63) is 58.2 Å².